The number of benzene rings is 1. The van der Waals surface area contributed by atoms with Crippen molar-refractivity contribution in [3.8, 4) is 0 Å². The number of nitrogens with one attached hydrogen (secondary N) is 1. The van der Waals surface area contributed by atoms with Crippen LogP contribution in [0.1, 0.15) is 23.0 Å². The Morgan fingerprint density at radius 1 is 1.53 bits per heavy atom. The van der Waals surface area contributed by atoms with E-state index in [-0.39, 0.29) is 11.7 Å². The van der Waals surface area contributed by atoms with Crippen molar-refractivity contribution in [1.29, 1.82) is 0 Å². The number of aromatic nitrogens is 1. The average molecular weight is 325 g/mol. The van der Waals surface area contributed by atoms with Gasteiger partial charge >= 0.3 is 5.97 Å². The van der Waals surface area contributed by atoms with Crippen molar-refractivity contribution in [2.45, 2.75) is 13.8 Å². The van der Waals surface area contributed by atoms with Crippen molar-refractivity contribution >= 4 is 33.6 Å². The zero-order chi connectivity index (χ0) is 13.8. The number of esters is 1. The molecule has 100 valence electrons. The van der Waals surface area contributed by atoms with Crippen LogP contribution in [-0.2, 0) is 4.74 Å². The molecule has 0 unspecified atom stereocenters. The number of anilines is 2. The topological polar surface area (TPSA) is 64.4 Å². The molecular weight excluding hydrogens is 312 g/mol. The molecular formula is C13H13BrN2O3. The Morgan fingerprint density at radius 2 is 2.32 bits per heavy atom. The van der Waals surface area contributed by atoms with Gasteiger partial charge in [0.15, 0.2) is 5.69 Å². The molecule has 5 nitrogen and oxygen atoms in total. The number of rotatable bonds is 4. The smallest absolute Gasteiger partial charge is 0.360 e. The second-order valence-electron chi connectivity index (χ2n) is 3.87. The number of hydrogen-bond donors (Lipinski definition) is 1. The standard InChI is InChI=1S/C13H13BrN2O3/c1-3-18-12(17)11-7-19-13(16-11)15-10-6-8(2)4-5-9(10)14/h4-7H,3H2,1-2H3,(H,15,16). The molecule has 0 aliphatic heterocycles. The SMILES string of the molecule is CCOC(=O)c1coc(Nc2cc(C)ccc2Br)n1. The molecule has 1 heterocycles. The number of carbonyl (C=O) groups is 1. The van der Waals surface area contributed by atoms with Gasteiger partial charge in [0.25, 0.3) is 6.01 Å². The number of ether oxygens (including phenoxy) is 1. The van der Waals surface area contributed by atoms with Crippen molar-refractivity contribution in [2.24, 2.45) is 0 Å². The molecule has 0 bridgehead atoms. The third-order valence-electron chi connectivity index (χ3n) is 2.35. The summed E-state index contributed by atoms with van der Waals surface area (Å²) >= 11 is 3.42. The summed E-state index contributed by atoms with van der Waals surface area (Å²) in [6.45, 7) is 4.02. The van der Waals surface area contributed by atoms with E-state index < -0.39 is 5.97 Å². The summed E-state index contributed by atoms with van der Waals surface area (Å²) in [5.41, 5.74) is 2.06. The first-order valence-corrected chi connectivity index (χ1v) is 6.55. The van der Waals surface area contributed by atoms with Crippen LogP contribution in [0.5, 0.6) is 0 Å². The van der Waals surface area contributed by atoms with Gasteiger partial charge in [-0.2, -0.15) is 4.98 Å². The first-order chi connectivity index (χ1) is 9.10. The van der Waals surface area contributed by atoms with E-state index in [9.17, 15) is 4.79 Å². The Kier molecular flexibility index (Phi) is 4.21. The first-order valence-electron chi connectivity index (χ1n) is 5.76. The maximum Gasteiger partial charge on any atom is 0.360 e. The molecule has 1 aromatic carbocycles. The Bertz CT molecular complexity index is 595. The van der Waals surface area contributed by atoms with Gasteiger partial charge in [-0.1, -0.05) is 6.07 Å². The summed E-state index contributed by atoms with van der Waals surface area (Å²) < 4.78 is 10.9. The molecule has 0 radical (unpaired) electrons. The van der Waals surface area contributed by atoms with Crippen molar-refractivity contribution < 1.29 is 13.9 Å². The lowest BCUT2D eigenvalue weighted by Gasteiger charge is -2.05. The molecule has 0 saturated heterocycles. The molecule has 0 saturated carbocycles. The maximum absolute atomic E-state index is 11.4. The first kappa shape index (κ1) is 13.6. The molecule has 1 N–H and O–H groups in total. The quantitative estimate of drug-likeness (QED) is 0.869. The third kappa shape index (κ3) is 3.35. The molecule has 0 aliphatic rings. The monoisotopic (exact) mass is 324 g/mol. The van der Waals surface area contributed by atoms with E-state index in [0.29, 0.717) is 6.61 Å². The van der Waals surface area contributed by atoms with Crippen LogP contribution >= 0.6 is 15.9 Å². The molecule has 0 fully saturated rings. The molecule has 0 atom stereocenters. The summed E-state index contributed by atoms with van der Waals surface area (Å²) in [7, 11) is 0. The van der Waals surface area contributed by atoms with E-state index in [2.05, 4.69) is 26.2 Å². The number of hydrogen-bond acceptors (Lipinski definition) is 5. The predicted molar refractivity (Wildman–Crippen MR) is 74.6 cm³/mol. The second-order valence-corrected chi connectivity index (χ2v) is 4.72. The predicted octanol–water partition coefficient (Wildman–Crippen LogP) is 3.67. The van der Waals surface area contributed by atoms with Gasteiger partial charge in [0.2, 0.25) is 0 Å². The summed E-state index contributed by atoms with van der Waals surface area (Å²) in [5, 5.41) is 3.00. The number of nitrogens with zero attached hydrogens (tertiary/aromatic N) is 1. The summed E-state index contributed by atoms with van der Waals surface area (Å²) in [5.74, 6) is -0.498. The third-order valence-corrected chi connectivity index (χ3v) is 3.04. The van der Waals surface area contributed by atoms with Crippen LogP contribution in [0.2, 0.25) is 0 Å². The summed E-state index contributed by atoms with van der Waals surface area (Å²) in [4.78, 5) is 15.5. The lowest BCUT2D eigenvalue weighted by Crippen LogP contribution is -2.05. The normalized spacial score (nSPS) is 10.3. The Balaban J connectivity index is 2.15. The Morgan fingerprint density at radius 3 is 3.05 bits per heavy atom. The van der Waals surface area contributed by atoms with Crippen molar-refractivity contribution in [3.05, 3.63) is 40.2 Å². The number of oxazole rings is 1. The second kappa shape index (κ2) is 5.88. The highest BCUT2D eigenvalue weighted by Gasteiger charge is 2.13. The summed E-state index contributed by atoms with van der Waals surface area (Å²) in [6.07, 6.45) is 1.27. The van der Waals surface area contributed by atoms with Crippen molar-refractivity contribution in [1.82, 2.24) is 4.98 Å². The molecule has 0 spiro atoms. The molecule has 0 aliphatic carbocycles. The van der Waals surface area contributed by atoms with Crippen LogP contribution in [0.4, 0.5) is 11.7 Å². The van der Waals surface area contributed by atoms with E-state index in [1.54, 1.807) is 6.92 Å². The molecule has 0 amide bonds. The molecule has 19 heavy (non-hydrogen) atoms. The fraction of sp³-hybridized carbons (Fsp3) is 0.231. The maximum atomic E-state index is 11.4. The molecule has 1 aromatic heterocycles. The van der Waals surface area contributed by atoms with Crippen LogP contribution in [0.15, 0.2) is 33.4 Å². The van der Waals surface area contributed by atoms with Gasteiger partial charge in [-0.25, -0.2) is 4.79 Å². The van der Waals surface area contributed by atoms with Gasteiger partial charge in [-0.05, 0) is 47.5 Å². The fourth-order valence-electron chi connectivity index (χ4n) is 1.48. The van der Waals surface area contributed by atoms with E-state index in [4.69, 9.17) is 9.15 Å². The van der Waals surface area contributed by atoms with Gasteiger partial charge in [-0.3, -0.25) is 0 Å². The van der Waals surface area contributed by atoms with E-state index in [1.165, 1.54) is 6.26 Å². The highest BCUT2D eigenvalue weighted by atomic mass is 79.9. The lowest BCUT2D eigenvalue weighted by molar-refractivity contribution is 0.0519. The van der Waals surface area contributed by atoms with Gasteiger partial charge in [0.05, 0.1) is 12.3 Å². The lowest BCUT2D eigenvalue weighted by atomic mass is 10.2. The van der Waals surface area contributed by atoms with Crippen LogP contribution in [0.3, 0.4) is 0 Å². The van der Waals surface area contributed by atoms with Gasteiger partial charge in [0.1, 0.15) is 6.26 Å². The largest absolute Gasteiger partial charge is 0.461 e. The van der Waals surface area contributed by atoms with Crippen molar-refractivity contribution in [3.63, 3.8) is 0 Å². The van der Waals surface area contributed by atoms with Gasteiger partial charge in [0, 0.05) is 4.47 Å². The fourth-order valence-corrected chi connectivity index (χ4v) is 1.83. The Labute approximate surface area is 119 Å². The van der Waals surface area contributed by atoms with Gasteiger partial charge in [-0.15, -0.1) is 0 Å². The number of aryl methyl sites for hydroxylation is 1. The van der Waals surface area contributed by atoms with Crippen molar-refractivity contribution in [2.75, 3.05) is 11.9 Å². The average Bonchev–Trinajstić information content (AvgIpc) is 2.83. The molecule has 6 heteroatoms. The van der Waals surface area contributed by atoms with E-state index in [1.807, 2.05) is 25.1 Å². The highest BCUT2D eigenvalue weighted by molar-refractivity contribution is 9.10. The van der Waals surface area contributed by atoms with Crippen LogP contribution in [-0.4, -0.2) is 17.6 Å². The van der Waals surface area contributed by atoms with Crippen LogP contribution in [0, 0.1) is 6.92 Å². The zero-order valence-corrected chi connectivity index (χ0v) is 12.2. The van der Waals surface area contributed by atoms with E-state index >= 15 is 0 Å². The minimum Gasteiger partial charge on any atom is -0.461 e. The molecule has 2 aromatic rings. The molecule has 2 rings (SSSR count). The Hall–Kier alpha value is -1.82. The number of halogens is 1. The zero-order valence-electron chi connectivity index (χ0n) is 10.6. The van der Waals surface area contributed by atoms with Gasteiger partial charge < -0.3 is 14.5 Å². The van der Waals surface area contributed by atoms with Crippen LogP contribution in [0.25, 0.3) is 0 Å². The number of carbonyl (C=O) groups excluding carboxylic acids is 1. The highest BCUT2D eigenvalue weighted by Crippen LogP contribution is 2.26. The van der Waals surface area contributed by atoms with E-state index in [0.717, 1.165) is 15.7 Å². The minimum atomic E-state index is -0.498. The summed E-state index contributed by atoms with van der Waals surface area (Å²) in [6, 6.07) is 6.09. The van der Waals surface area contributed by atoms with Crippen LogP contribution < -0.4 is 5.32 Å². The minimum absolute atomic E-state index is 0.146.